The fourth-order valence-electron chi connectivity index (χ4n) is 1.15. The molecule has 0 saturated carbocycles. The van der Waals surface area contributed by atoms with Crippen LogP contribution in [0.15, 0.2) is 35.4 Å². The summed E-state index contributed by atoms with van der Waals surface area (Å²) >= 11 is 0. The van der Waals surface area contributed by atoms with Crippen molar-refractivity contribution in [3.8, 4) is 5.82 Å². The number of hydrogen-bond donors (Lipinski definition) is 2. The molecule has 0 radical (unpaired) electrons. The zero-order chi connectivity index (χ0) is 10.8. The molecule has 2 heterocycles. The molecule has 2 aromatic rings. The number of nitrogens with zero attached hydrogens (tertiary/aromatic N) is 2. The van der Waals surface area contributed by atoms with Gasteiger partial charge in [0, 0.05) is 18.5 Å². The molecule has 0 spiro atoms. The second-order valence-electron chi connectivity index (χ2n) is 2.87. The van der Waals surface area contributed by atoms with Gasteiger partial charge < -0.3 is 5.11 Å². The van der Waals surface area contributed by atoms with Crippen LogP contribution in [0, 0.1) is 0 Å². The third kappa shape index (κ3) is 1.78. The predicted octanol–water partition coefficient (Wildman–Crippen LogP) is 0.259. The molecule has 0 saturated heterocycles. The molecule has 0 aliphatic rings. The molecule has 0 aromatic carbocycles. The zero-order valence-electron chi connectivity index (χ0n) is 7.54. The van der Waals surface area contributed by atoms with Crippen molar-refractivity contribution < 1.29 is 9.90 Å². The number of hydrogen-bond acceptors (Lipinski definition) is 3. The summed E-state index contributed by atoms with van der Waals surface area (Å²) in [7, 11) is 0. The van der Waals surface area contributed by atoms with Gasteiger partial charge >= 0.3 is 5.97 Å². The lowest BCUT2D eigenvalue weighted by Gasteiger charge is -2.01. The van der Waals surface area contributed by atoms with Gasteiger partial charge in [0.2, 0.25) is 0 Å². The molecule has 0 aliphatic carbocycles. The van der Waals surface area contributed by atoms with Gasteiger partial charge in [-0.2, -0.15) is 0 Å². The van der Waals surface area contributed by atoms with Crippen molar-refractivity contribution in [2.75, 3.05) is 0 Å². The van der Waals surface area contributed by atoms with E-state index < -0.39 is 5.97 Å². The van der Waals surface area contributed by atoms with Crippen LogP contribution in [0.4, 0.5) is 0 Å². The third-order valence-corrected chi connectivity index (χ3v) is 1.84. The Hall–Kier alpha value is -2.37. The lowest BCUT2D eigenvalue weighted by atomic mass is 10.3. The second kappa shape index (κ2) is 3.41. The first-order chi connectivity index (χ1) is 7.16. The van der Waals surface area contributed by atoms with Crippen molar-refractivity contribution in [3.05, 3.63) is 46.5 Å². The molecule has 2 rings (SSSR count). The van der Waals surface area contributed by atoms with Crippen molar-refractivity contribution in [2.45, 2.75) is 0 Å². The van der Waals surface area contributed by atoms with Crippen LogP contribution in [0.2, 0.25) is 0 Å². The summed E-state index contributed by atoms with van der Waals surface area (Å²) in [5.74, 6) is -0.676. The topological polar surface area (TPSA) is 88.0 Å². The van der Waals surface area contributed by atoms with Crippen molar-refractivity contribution >= 4 is 5.97 Å². The van der Waals surface area contributed by atoms with Gasteiger partial charge in [0.1, 0.15) is 0 Å². The lowest BCUT2D eigenvalue weighted by molar-refractivity contribution is 0.0696. The molecule has 0 fully saturated rings. The first-order valence-electron chi connectivity index (χ1n) is 4.14. The fraction of sp³-hybridized carbons (Fsp3) is 0. The van der Waals surface area contributed by atoms with E-state index >= 15 is 0 Å². The Bertz CT molecular complexity index is 555. The van der Waals surface area contributed by atoms with E-state index in [1.54, 1.807) is 0 Å². The van der Waals surface area contributed by atoms with Crippen molar-refractivity contribution in [1.29, 1.82) is 0 Å². The molecule has 0 aliphatic heterocycles. The molecular weight excluding hydrogens is 198 g/mol. The maximum absolute atomic E-state index is 10.9. The summed E-state index contributed by atoms with van der Waals surface area (Å²) in [5, 5.41) is 11.2. The molecule has 6 nitrogen and oxygen atoms in total. The number of carbonyl (C=O) groups is 1. The Balaban J connectivity index is 2.49. The molecule has 0 bridgehead atoms. The van der Waals surface area contributed by atoms with E-state index in [0.29, 0.717) is 5.82 Å². The number of carboxylic acids is 1. The molecule has 15 heavy (non-hydrogen) atoms. The van der Waals surface area contributed by atoms with Crippen molar-refractivity contribution in [2.24, 2.45) is 0 Å². The van der Waals surface area contributed by atoms with E-state index in [2.05, 4.69) is 10.1 Å². The van der Waals surface area contributed by atoms with Crippen LogP contribution in [0.1, 0.15) is 10.4 Å². The maximum Gasteiger partial charge on any atom is 0.335 e. The average Bonchev–Trinajstić information content (AvgIpc) is 2.65. The van der Waals surface area contributed by atoms with Crippen LogP contribution in [0.5, 0.6) is 0 Å². The summed E-state index contributed by atoms with van der Waals surface area (Å²) in [5.41, 5.74) is -0.146. The molecule has 0 amide bonds. The number of nitrogens with one attached hydrogen (secondary N) is 1. The van der Waals surface area contributed by atoms with E-state index in [9.17, 15) is 9.59 Å². The Labute approximate surface area is 83.8 Å². The highest BCUT2D eigenvalue weighted by Gasteiger charge is 2.05. The monoisotopic (exact) mass is 205 g/mol. The van der Waals surface area contributed by atoms with E-state index in [0.717, 1.165) is 0 Å². The highest BCUT2D eigenvalue weighted by molar-refractivity contribution is 5.87. The van der Waals surface area contributed by atoms with E-state index in [1.165, 1.54) is 35.3 Å². The summed E-state index contributed by atoms with van der Waals surface area (Å²) in [6.07, 6.45) is 2.85. The molecular formula is C9H7N3O3. The van der Waals surface area contributed by atoms with Crippen LogP contribution in [-0.2, 0) is 0 Å². The van der Waals surface area contributed by atoms with Gasteiger partial charge in [-0.1, -0.05) is 0 Å². The quantitative estimate of drug-likeness (QED) is 0.736. The summed E-state index contributed by atoms with van der Waals surface area (Å²) in [6.45, 7) is 0. The number of carboxylic acid groups (broad SMARTS) is 1. The Morgan fingerprint density at radius 3 is 2.87 bits per heavy atom. The van der Waals surface area contributed by atoms with E-state index in [-0.39, 0.29) is 11.1 Å². The van der Waals surface area contributed by atoms with Gasteiger partial charge in [-0.3, -0.25) is 9.89 Å². The van der Waals surface area contributed by atoms with Crippen LogP contribution in [0.3, 0.4) is 0 Å². The lowest BCUT2D eigenvalue weighted by Crippen LogP contribution is -2.06. The van der Waals surface area contributed by atoms with Crippen LogP contribution in [-0.4, -0.2) is 25.8 Å². The predicted molar refractivity (Wildman–Crippen MR) is 51.1 cm³/mol. The molecule has 0 unspecified atom stereocenters. The first kappa shape index (κ1) is 9.20. The highest BCUT2D eigenvalue weighted by atomic mass is 16.4. The SMILES string of the molecule is O=C(O)c1ccnc(-n2ccc(=O)[nH]2)c1. The number of H-pyrrole nitrogens is 1. The smallest absolute Gasteiger partial charge is 0.335 e. The minimum absolute atomic E-state index is 0.120. The standard InChI is InChI=1S/C9H7N3O3/c13-8-2-4-12(11-8)7-5-6(9(14)15)1-3-10-7/h1-5H,(H,11,13)(H,14,15). The Morgan fingerprint density at radius 2 is 2.27 bits per heavy atom. The zero-order valence-corrected chi connectivity index (χ0v) is 7.54. The molecule has 2 N–H and O–H groups in total. The largest absolute Gasteiger partial charge is 0.478 e. The van der Waals surface area contributed by atoms with Gasteiger partial charge in [-0.15, -0.1) is 0 Å². The van der Waals surface area contributed by atoms with E-state index in [1.807, 2.05) is 0 Å². The third-order valence-electron chi connectivity index (χ3n) is 1.84. The number of aromatic amines is 1. The number of pyridine rings is 1. The van der Waals surface area contributed by atoms with Gasteiger partial charge in [0.25, 0.3) is 5.56 Å². The van der Waals surface area contributed by atoms with Crippen LogP contribution >= 0.6 is 0 Å². The molecule has 0 atom stereocenters. The molecule has 76 valence electrons. The van der Waals surface area contributed by atoms with Gasteiger partial charge in [-0.05, 0) is 12.1 Å². The van der Waals surface area contributed by atoms with Crippen molar-refractivity contribution in [1.82, 2.24) is 14.8 Å². The Morgan fingerprint density at radius 1 is 1.47 bits per heavy atom. The number of rotatable bonds is 2. The Kier molecular flexibility index (Phi) is 2.09. The summed E-state index contributed by atoms with van der Waals surface area (Å²) in [6, 6.07) is 4.08. The van der Waals surface area contributed by atoms with Crippen LogP contribution < -0.4 is 5.56 Å². The number of aromatic carboxylic acids is 1. The van der Waals surface area contributed by atoms with Gasteiger partial charge in [-0.25, -0.2) is 14.5 Å². The van der Waals surface area contributed by atoms with Crippen LogP contribution in [0.25, 0.3) is 5.82 Å². The molecule has 6 heteroatoms. The second-order valence-corrected chi connectivity index (χ2v) is 2.87. The average molecular weight is 205 g/mol. The normalized spacial score (nSPS) is 10.1. The minimum Gasteiger partial charge on any atom is -0.478 e. The summed E-state index contributed by atoms with van der Waals surface area (Å²) in [4.78, 5) is 25.5. The maximum atomic E-state index is 10.9. The highest BCUT2D eigenvalue weighted by Crippen LogP contribution is 2.04. The van der Waals surface area contributed by atoms with E-state index in [4.69, 9.17) is 5.11 Å². The molecule has 2 aromatic heterocycles. The first-order valence-corrected chi connectivity index (χ1v) is 4.14. The fourth-order valence-corrected chi connectivity index (χ4v) is 1.15. The van der Waals surface area contributed by atoms with Gasteiger partial charge in [0.05, 0.1) is 5.56 Å². The minimum atomic E-state index is -1.03. The van der Waals surface area contributed by atoms with Gasteiger partial charge in [0.15, 0.2) is 5.82 Å². The van der Waals surface area contributed by atoms with Crippen molar-refractivity contribution in [3.63, 3.8) is 0 Å². The number of aromatic nitrogens is 3. The summed E-state index contributed by atoms with van der Waals surface area (Å²) < 4.78 is 1.36.